The zero-order chi connectivity index (χ0) is 18.0. The zero-order valence-electron chi connectivity index (χ0n) is 14.3. The van der Waals surface area contributed by atoms with Gasteiger partial charge in [-0.25, -0.2) is 8.42 Å². The van der Waals surface area contributed by atoms with Gasteiger partial charge >= 0.3 is 0 Å². The summed E-state index contributed by atoms with van der Waals surface area (Å²) in [5, 5.41) is 2.68. The van der Waals surface area contributed by atoms with Crippen molar-refractivity contribution in [3.05, 3.63) is 48.4 Å². The smallest absolute Gasteiger partial charge is 0.291 e. The second-order valence-corrected chi connectivity index (χ2v) is 8.26. The van der Waals surface area contributed by atoms with Crippen LogP contribution in [0.3, 0.4) is 0 Å². The van der Waals surface area contributed by atoms with Crippen LogP contribution in [0.1, 0.15) is 43.7 Å². The van der Waals surface area contributed by atoms with Crippen molar-refractivity contribution in [2.75, 3.05) is 5.32 Å². The molecule has 1 aromatic carbocycles. The molecule has 1 N–H and O–H groups in total. The number of carbonyl (C=O) groups excluding carboxylic acids is 1. The Morgan fingerprint density at radius 1 is 1.12 bits per heavy atom. The molecule has 2 aromatic rings. The lowest BCUT2D eigenvalue weighted by atomic mass is 10.0. The second-order valence-electron chi connectivity index (χ2n) is 6.42. The summed E-state index contributed by atoms with van der Waals surface area (Å²) in [6.45, 7) is 3.90. The Morgan fingerprint density at radius 2 is 1.76 bits per heavy atom. The first-order valence-corrected chi connectivity index (χ1v) is 9.82. The van der Waals surface area contributed by atoms with Gasteiger partial charge in [0.05, 0.1) is 11.2 Å². The van der Waals surface area contributed by atoms with Gasteiger partial charge in [0, 0.05) is 17.8 Å². The standard InChI is InChI=1S/C18H22N2O4S/c1-13-5-3-6-14(2)20(13)25(22,23)16-10-8-15(9-11-16)19-18(21)17-7-4-12-24-17/h4,7-14H,3,5-6H2,1-2H3,(H,19,21)/t13-,14-/m0/s1. The van der Waals surface area contributed by atoms with Crippen LogP contribution in [0.15, 0.2) is 52.0 Å². The minimum Gasteiger partial charge on any atom is -0.459 e. The van der Waals surface area contributed by atoms with Crippen molar-refractivity contribution in [3.8, 4) is 0 Å². The van der Waals surface area contributed by atoms with Crippen LogP contribution in [0.4, 0.5) is 5.69 Å². The van der Waals surface area contributed by atoms with E-state index in [1.807, 2.05) is 13.8 Å². The molecule has 0 spiro atoms. The molecular formula is C18H22N2O4S. The van der Waals surface area contributed by atoms with Gasteiger partial charge in [0.2, 0.25) is 10.0 Å². The van der Waals surface area contributed by atoms with Gasteiger partial charge in [0.15, 0.2) is 5.76 Å². The number of rotatable bonds is 4. The Kier molecular flexibility index (Phi) is 4.96. The van der Waals surface area contributed by atoms with Gasteiger partial charge < -0.3 is 9.73 Å². The molecule has 0 radical (unpaired) electrons. The summed E-state index contributed by atoms with van der Waals surface area (Å²) in [5.74, 6) is -0.174. The van der Waals surface area contributed by atoms with E-state index in [0.29, 0.717) is 5.69 Å². The monoisotopic (exact) mass is 362 g/mol. The average Bonchev–Trinajstić information content (AvgIpc) is 3.09. The average molecular weight is 362 g/mol. The highest BCUT2D eigenvalue weighted by Crippen LogP contribution is 2.30. The van der Waals surface area contributed by atoms with E-state index in [4.69, 9.17) is 4.42 Å². The fraction of sp³-hybridized carbons (Fsp3) is 0.389. The van der Waals surface area contributed by atoms with Crippen molar-refractivity contribution < 1.29 is 17.6 Å². The maximum absolute atomic E-state index is 13.0. The lowest BCUT2D eigenvalue weighted by Crippen LogP contribution is -2.47. The number of sulfonamides is 1. The number of hydrogen-bond donors (Lipinski definition) is 1. The molecule has 25 heavy (non-hydrogen) atoms. The summed E-state index contributed by atoms with van der Waals surface area (Å²) in [4.78, 5) is 12.2. The molecule has 1 saturated heterocycles. The highest BCUT2D eigenvalue weighted by molar-refractivity contribution is 7.89. The van der Waals surface area contributed by atoms with Crippen LogP contribution in [0, 0.1) is 0 Å². The molecule has 1 fully saturated rings. The first-order chi connectivity index (χ1) is 11.9. The molecule has 7 heteroatoms. The molecule has 2 atom stereocenters. The van der Waals surface area contributed by atoms with Crippen LogP contribution >= 0.6 is 0 Å². The number of benzene rings is 1. The van der Waals surface area contributed by atoms with Gasteiger partial charge in [-0.05, 0) is 63.1 Å². The van der Waals surface area contributed by atoms with Crippen molar-refractivity contribution in [1.29, 1.82) is 0 Å². The lowest BCUT2D eigenvalue weighted by Gasteiger charge is -2.37. The molecule has 0 aliphatic carbocycles. The SMILES string of the molecule is C[C@H]1CCC[C@H](C)N1S(=O)(=O)c1ccc(NC(=O)c2ccco2)cc1. The molecule has 134 valence electrons. The van der Waals surface area contributed by atoms with Gasteiger partial charge in [-0.2, -0.15) is 4.31 Å². The van der Waals surface area contributed by atoms with Gasteiger partial charge in [-0.15, -0.1) is 0 Å². The van der Waals surface area contributed by atoms with E-state index in [-0.39, 0.29) is 28.6 Å². The number of furan rings is 1. The minimum absolute atomic E-state index is 0.00733. The predicted octanol–water partition coefficient (Wildman–Crippen LogP) is 3.48. The van der Waals surface area contributed by atoms with Gasteiger partial charge in [-0.3, -0.25) is 4.79 Å². The van der Waals surface area contributed by atoms with Gasteiger partial charge in [-0.1, -0.05) is 6.42 Å². The largest absolute Gasteiger partial charge is 0.459 e. The Morgan fingerprint density at radius 3 is 2.32 bits per heavy atom. The molecular weight excluding hydrogens is 340 g/mol. The molecule has 1 aromatic heterocycles. The molecule has 0 unspecified atom stereocenters. The van der Waals surface area contributed by atoms with E-state index in [9.17, 15) is 13.2 Å². The quantitative estimate of drug-likeness (QED) is 0.903. The van der Waals surface area contributed by atoms with Crippen molar-refractivity contribution in [1.82, 2.24) is 4.31 Å². The fourth-order valence-corrected chi connectivity index (χ4v) is 5.19. The predicted molar refractivity (Wildman–Crippen MR) is 94.9 cm³/mol. The van der Waals surface area contributed by atoms with Crippen LogP contribution in [0.5, 0.6) is 0 Å². The molecule has 0 bridgehead atoms. The lowest BCUT2D eigenvalue weighted by molar-refractivity contribution is 0.0996. The van der Waals surface area contributed by atoms with Crippen LogP contribution < -0.4 is 5.32 Å². The zero-order valence-corrected chi connectivity index (χ0v) is 15.1. The molecule has 1 aliphatic rings. The molecule has 0 saturated carbocycles. The van der Waals surface area contributed by atoms with Crippen molar-refractivity contribution in [2.45, 2.75) is 50.1 Å². The van der Waals surface area contributed by atoms with Gasteiger partial charge in [0.1, 0.15) is 0 Å². The summed E-state index contributed by atoms with van der Waals surface area (Å²) in [7, 11) is -3.55. The Balaban J connectivity index is 1.78. The summed E-state index contributed by atoms with van der Waals surface area (Å²) in [6, 6.07) is 9.42. The number of piperidine rings is 1. The number of hydrogen-bond acceptors (Lipinski definition) is 4. The number of nitrogens with zero attached hydrogens (tertiary/aromatic N) is 1. The normalized spacial score (nSPS) is 21.8. The van der Waals surface area contributed by atoms with E-state index in [0.717, 1.165) is 19.3 Å². The number of anilines is 1. The summed E-state index contributed by atoms with van der Waals surface area (Å²) < 4.78 is 32.5. The molecule has 1 aliphatic heterocycles. The van der Waals surface area contributed by atoms with Crippen LogP contribution in [0.25, 0.3) is 0 Å². The third-order valence-corrected chi connectivity index (χ3v) is 6.69. The molecule has 1 amide bonds. The topological polar surface area (TPSA) is 79.6 Å². The Hall–Kier alpha value is -2.12. The summed E-state index contributed by atoms with van der Waals surface area (Å²) >= 11 is 0. The molecule has 3 rings (SSSR count). The number of amides is 1. The van der Waals surface area contributed by atoms with E-state index < -0.39 is 10.0 Å². The first kappa shape index (κ1) is 17.7. The Labute approximate surface area is 147 Å². The van der Waals surface area contributed by atoms with Crippen LogP contribution in [-0.2, 0) is 10.0 Å². The fourth-order valence-electron chi connectivity index (χ4n) is 3.30. The maximum Gasteiger partial charge on any atom is 0.291 e. The van der Waals surface area contributed by atoms with Crippen LogP contribution in [0.2, 0.25) is 0 Å². The van der Waals surface area contributed by atoms with Gasteiger partial charge in [0.25, 0.3) is 5.91 Å². The van der Waals surface area contributed by atoms with Crippen molar-refractivity contribution >= 4 is 21.6 Å². The highest BCUT2D eigenvalue weighted by Gasteiger charge is 2.35. The molecule has 2 heterocycles. The third-order valence-electron chi connectivity index (χ3n) is 4.55. The Bertz CT molecular complexity index is 818. The third kappa shape index (κ3) is 3.62. The minimum atomic E-state index is -3.55. The van der Waals surface area contributed by atoms with Crippen molar-refractivity contribution in [2.24, 2.45) is 0 Å². The first-order valence-electron chi connectivity index (χ1n) is 8.38. The van der Waals surface area contributed by atoms with E-state index in [1.54, 1.807) is 28.6 Å². The number of carbonyl (C=O) groups is 1. The highest BCUT2D eigenvalue weighted by atomic mass is 32.2. The maximum atomic E-state index is 13.0. The van der Waals surface area contributed by atoms with E-state index in [1.165, 1.54) is 18.4 Å². The van der Waals surface area contributed by atoms with E-state index >= 15 is 0 Å². The number of nitrogens with one attached hydrogen (secondary N) is 1. The summed E-state index contributed by atoms with van der Waals surface area (Å²) in [6.07, 6.45) is 4.22. The van der Waals surface area contributed by atoms with Crippen LogP contribution in [-0.4, -0.2) is 30.7 Å². The van der Waals surface area contributed by atoms with Crippen molar-refractivity contribution in [3.63, 3.8) is 0 Å². The molecule has 6 nitrogen and oxygen atoms in total. The summed E-state index contributed by atoms with van der Waals surface area (Å²) in [5.41, 5.74) is 0.514. The van der Waals surface area contributed by atoms with E-state index in [2.05, 4.69) is 5.32 Å². The second kappa shape index (κ2) is 7.01.